The molecule has 4 nitrogen and oxygen atoms in total. The molecule has 0 bridgehead atoms. The second-order valence-electron chi connectivity index (χ2n) is 5.88. The molecule has 0 aliphatic carbocycles. The molecule has 20 heavy (non-hydrogen) atoms. The van der Waals surface area contributed by atoms with E-state index in [1.807, 2.05) is 24.8 Å². The van der Waals surface area contributed by atoms with Gasteiger partial charge in [-0.05, 0) is 50.1 Å². The summed E-state index contributed by atoms with van der Waals surface area (Å²) < 4.78 is 5.69. The molecule has 0 aromatic heterocycles. The number of nitrogens with one attached hydrogen (secondary N) is 1. The Morgan fingerprint density at radius 1 is 1.25 bits per heavy atom. The first-order valence-electron chi connectivity index (χ1n) is 7.41. The molecule has 2 atom stereocenters. The monoisotopic (exact) mass is 274 g/mol. The summed E-state index contributed by atoms with van der Waals surface area (Å²) in [7, 11) is 0. The van der Waals surface area contributed by atoms with Crippen molar-refractivity contribution in [2.45, 2.75) is 39.0 Å². The summed E-state index contributed by atoms with van der Waals surface area (Å²) in [6.07, 6.45) is 1.28. The van der Waals surface area contributed by atoms with Crippen molar-refractivity contribution in [1.82, 2.24) is 10.2 Å². The summed E-state index contributed by atoms with van der Waals surface area (Å²) in [5.74, 6) is 0.125. The van der Waals surface area contributed by atoms with Crippen LogP contribution in [0.2, 0.25) is 0 Å². The lowest BCUT2D eigenvalue weighted by Crippen LogP contribution is -2.48. The summed E-state index contributed by atoms with van der Waals surface area (Å²) in [5.41, 5.74) is 3.43. The molecule has 0 radical (unpaired) electrons. The van der Waals surface area contributed by atoms with E-state index in [1.54, 1.807) is 0 Å². The average Bonchev–Trinajstić information content (AvgIpc) is 2.45. The fraction of sp³-hybridized carbons (Fsp3) is 0.562. The van der Waals surface area contributed by atoms with Gasteiger partial charge in [0.25, 0.3) is 5.91 Å². The van der Waals surface area contributed by atoms with Gasteiger partial charge in [0.2, 0.25) is 0 Å². The molecule has 1 amide bonds. The number of carbonyl (C=O) groups is 1. The van der Waals surface area contributed by atoms with Crippen molar-refractivity contribution in [2.24, 2.45) is 0 Å². The third kappa shape index (κ3) is 2.72. The van der Waals surface area contributed by atoms with E-state index in [0.717, 1.165) is 25.1 Å². The molecule has 1 fully saturated rings. The Morgan fingerprint density at radius 3 is 2.75 bits per heavy atom. The molecular weight excluding hydrogens is 252 g/mol. The zero-order valence-electron chi connectivity index (χ0n) is 12.2. The van der Waals surface area contributed by atoms with E-state index in [1.165, 1.54) is 11.1 Å². The number of amides is 1. The van der Waals surface area contributed by atoms with Crippen LogP contribution in [0.5, 0.6) is 0 Å². The van der Waals surface area contributed by atoms with Crippen molar-refractivity contribution in [1.29, 1.82) is 0 Å². The second kappa shape index (κ2) is 5.54. The molecule has 1 aromatic rings. The Balaban J connectivity index is 1.79. The van der Waals surface area contributed by atoms with Crippen LogP contribution in [0.1, 0.15) is 35.3 Å². The second-order valence-corrected chi connectivity index (χ2v) is 5.88. The Kier molecular flexibility index (Phi) is 3.76. The summed E-state index contributed by atoms with van der Waals surface area (Å²) in [6, 6.07) is 6.13. The van der Waals surface area contributed by atoms with Crippen LogP contribution in [0.15, 0.2) is 18.2 Å². The first-order chi connectivity index (χ1) is 9.63. The molecular formula is C16H22N2O2. The summed E-state index contributed by atoms with van der Waals surface area (Å²) in [4.78, 5) is 14.5. The highest BCUT2D eigenvalue weighted by molar-refractivity contribution is 5.94. The van der Waals surface area contributed by atoms with Gasteiger partial charge in [-0.15, -0.1) is 0 Å². The lowest BCUT2D eigenvalue weighted by atomic mass is 9.98. The van der Waals surface area contributed by atoms with Crippen LogP contribution in [0.25, 0.3) is 0 Å². The molecule has 4 heteroatoms. The quantitative estimate of drug-likeness (QED) is 0.845. The van der Waals surface area contributed by atoms with E-state index in [9.17, 15) is 4.79 Å². The number of fused-ring (bicyclic) bond motifs is 1. The predicted octanol–water partition coefficient (Wildman–Crippen LogP) is 1.58. The SMILES string of the molecule is C[C@@H]1CN(C(=O)c2ccc3c(c2)CNCC3)C[C@H](C)O1. The molecule has 2 heterocycles. The molecule has 1 N–H and O–H groups in total. The molecule has 2 aliphatic rings. The van der Waals surface area contributed by atoms with Crippen LogP contribution in [0.4, 0.5) is 0 Å². The molecule has 108 valence electrons. The number of carbonyl (C=O) groups excluding carboxylic acids is 1. The Labute approximate surface area is 120 Å². The van der Waals surface area contributed by atoms with E-state index >= 15 is 0 Å². The lowest BCUT2D eigenvalue weighted by Gasteiger charge is -2.35. The summed E-state index contributed by atoms with van der Waals surface area (Å²) in [5, 5.41) is 3.36. The average molecular weight is 274 g/mol. The van der Waals surface area contributed by atoms with Crippen LogP contribution >= 0.6 is 0 Å². The maximum atomic E-state index is 12.6. The maximum Gasteiger partial charge on any atom is 0.254 e. The van der Waals surface area contributed by atoms with Gasteiger partial charge in [0.1, 0.15) is 0 Å². The minimum Gasteiger partial charge on any atom is -0.372 e. The van der Waals surface area contributed by atoms with Crippen molar-refractivity contribution in [3.63, 3.8) is 0 Å². The van der Waals surface area contributed by atoms with Gasteiger partial charge in [-0.25, -0.2) is 0 Å². The topological polar surface area (TPSA) is 41.6 Å². The first kappa shape index (κ1) is 13.6. The van der Waals surface area contributed by atoms with E-state index in [4.69, 9.17) is 4.74 Å². The van der Waals surface area contributed by atoms with Crippen LogP contribution in [-0.2, 0) is 17.7 Å². The highest BCUT2D eigenvalue weighted by Crippen LogP contribution is 2.19. The van der Waals surface area contributed by atoms with Crippen molar-refractivity contribution < 1.29 is 9.53 Å². The Bertz CT molecular complexity index is 505. The van der Waals surface area contributed by atoms with Gasteiger partial charge >= 0.3 is 0 Å². The van der Waals surface area contributed by atoms with Crippen molar-refractivity contribution in [3.05, 3.63) is 34.9 Å². The fourth-order valence-corrected chi connectivity index (χ4v) is 3.14. The van der Waals surface area contributed by atoms with E-state index < -0.39 is 0 Å². The minimum absolute atomic E-state index is 0.113. The highest BCUT2D eigenvalue weighted by Gasteiger charge is 2.27. The Morgan fingerprint density at radius 2 is 2.00 bits per heavy atom. The number of benzene rings is 1. The zero-order valence-corrected chi connectivity index (χ0v) is 12.2. The lowest BCUT2D eigenvalue weighted by molar-refractivity contribution is -0.0586. The molecule has 2 aliphatic heterocycles. The number of hydrogen-bond donors (Lipinski definition) is 1. The van der Waals surface area contributed by atoms with Gasteiger partial charge < -0.3 is 15.0 Å². The largest absolute Gasteiger partial charge is 0.372 e. The highest BCUT2D eigenvalue weighted by atomic mass is 16.5. The van der Waals surface area contributed by atoms with Gasteiger partial charge in [-0.2, -0.15) is 0 Å². The molecule has 3 rings (SSSR count). The normalized spacial score (nSPS) is 26.2. The van der Waals surface area contributed by atoms with Crippen molar-refractivity contribution >= 4 is 5.91 Å². The molecule has 1 saturated heterocycles. The molecule has 0 spiro atoms. The van der Waals surface area contributed by atoms with E-state index in [-0.39, 0.29) is 18.1 Å². The van der Waals surface area contributed by atoms with E-state index in [0.29, 0.717) is 13.1 Å². The number of nitrogens with zero attached hydrogens (tertiary/aromatic N) is 1. The first-order valence-corrected chi connectivity index (χ1v) is 7.41. The summed E-state index contributed by atoms with van der Waals surface area (Å²) >= 11 is 0. The van der Waals surface area contributed by atoms with Gasteiger partial charge in [-0.3, -0.25) is 4.79 Å². The predicted molar refractivity (Wildman–Crippen MR) is 77.8 cm³/mol. The fourth-order valence-electron chi connectivity index (χ4n) is 3.14. The van der Waals surface area contributed by atoms with Crippen molar-refractivity contribution in [3.8, 4) is 0 Å². The smallest absolute Gasteiger partial charge is 0.254 e. The third-order valence-corrected chi connectivity index (χ3v) is 4.05. The maximum absolute atomic E-state index is 12.6. The number of rotatable bonds is 1. The van der Waals surface area contributed by atoms with Crippen LogP contribution in [-0.4, -0.2) is 42.6 Å². The van der Waals surface area contributed by atoms with Gasteiger partial charge in [0.05, 0.1) is 12.2 Å². The zero-order chi connectivity index (χ0) is 14.1. The molecule has 0 saturated carbocycles. The number of ether oxygens (including phenoxy) is 1. The van der Waals surface area contributed by atoms with Crippen molar-refractivity contribution in [2.75, 3.05) is 19.6 Å². The van der Waals surface area contributed by atoms with Crippen LogP contribution in [0, 0.1) is 0 Å². The molecule has 1 aromatic carbocycles. The van der Waals surface area contributed by atoms with Gasteiger partial charge in [0, 0.05) is 25.2 Å². The van der Waals surface area contributed by atoms with E-state index in [2.05, 4.69) is 17.4 Å². The minimum atomic E-state index is 0.113. The van der Waals surface area contributed by atoms with Crippen LogP contribution < -0.4 is 5.32 Å². The molecule has 0 unspecified atom stereocenters. The number of morpholine rings is 1. The standard InChI is InChI=1S/C16H22N2O2/c1-11-9-18(10-12(2)20-11)16(19)14-4-3-13-5-6-17-8-15(13)7-14/h3-4,7,11-12,17H,5-6,8-10H2,1-2H3/t11-,12+. The summed E-state index contributed by atoms with van der Waals surface area (Å²) in [6.45, 7) is 7.29. The van der Waals surface area contributed by atoms with Gasteiger partial charge in [-0.1, -0.05) is 6.07 Å². The number of hydrogen-bond acceptors (Lipinski definition) is 3. The van der Waals surface area contributed by atoms with Crippen LogP contribution in [0.3, 0.4) is 0 Å². The Hall–Kier alpha value is -1.39. The third-order valence-electron chi connectivity index (χ3n) is 4.05. The van der Waals surface area contributed by atoms with Gasteiger partial charge in [0.15, 0.2) is 0 Å².